The molecule has 0 aliphatic carbocycles. The number of rotatable bonds is 3. The summed E-state index contributed by atoms with van der Waals surface area (Å²) in [6.45, 7) is 5.14. The van der Waals surface area contributed by atoms with Crippen molar-refractivity contribution < 1.29 is 4.74 Å². The Morgan fingerprint density at radius 3 is 2.82 bits per heavy atom. The largest absolute Gasteiger partial charge is 0.378 e. The maximum atomic E-state index is 5.81. The third kappa shape index (κ3) is 3.31. The minimum Gasteiger partial charge on any atom is -0.378 e. The van der Waals surface area contributed by atoms with Gasteiger partial charge in [0.2, 0.25) is 5.95 Å². The molecule has 0 unspecified atom stereocenters. The van der Waals surface area contributed by atoms with E-state index in [0.717, 1.165) is 47.7 Å². The summed E-state index contributed by atoms with van der Waals surface area (Å²) < 4.78 is 8.05. The van der Waals surface area contributed by atoms with Gasteiger partial charge < -0.3 is 15.4 Å². The number of aryl methyl sites for hydroxylation is 1. The number of hydrogen-bond donors (Lipinski definition) is 1. The zero-order chi connectivity index (χ0) is 15.5. The van der Waals surface area contributed by atoms with Crippen molar-refractivity contribution in [1.82, 2.24) is 9.66 Å². The van der Waals surface area contributed by atoms with Crippen molar-refractivity contribution in [3.8, 4) is 0 Å². The van der Waals surface area contributed by atoms with Crippen molar-refractivity contribution >= 4 is 33.8 Å². The first kappa shape index (κ1) is 15.1. The monoisotopic (exact) mass is 363 g/mol. The quantitative estimate of drug-likeness (QED) is 0.849. The molecule has 2 aromatic rings. The minimum atomic E-state index is 0.388. The van der Waals surface area contributed by atoms with Crippen molar-refractivity contribution in [2.24, 2.45) is 5.10 Å². The molecule has 0 saturated carbocycles. The van der Waals surface area contributed by atoms with Gasteiger partial charge in [-0.15, -0.1) is 0 Å². The van der Waals surface area contributed by atoms with Crippen LogP contribution < -0.4 is 10.6 Å². The van der Waals surface area contributed by atoms with Crippen LogP contribution in [-0.2, 0) is 4.74 Å². The highest BCUT2D eigenvalue weighted by Crippen LogP contribution is 2.25. The molecule has 2 N–H and O–H groups in total. The molecule has 0 amide bonds. The van der Waals surface area contributed by atoms with Crippen LogP contribution in [0, 0.1) is 6.92 Å². The highest BCUT2D eigenvalue weighted by molar-refractivity contribution is 9.10. The lowest BCUT2D eigenvalue weighted by atomic mass is 10.1. The number of nitrogens with two attached hydrogens (primary N) is 1. The van der Waals surface area contributed by atoms with Gasteiger partial charge in [-0.05, 0) is 19.1 Å². The molecule has 0 radical (unpaired) electrons. The van der Waals surface area contributed by atoms with E-state index >= 15 is 0 Å². The van der Waals surface area contributed by atoms with Crippen LogP contribution in [0.5, 0.6) is 0 Å². The third-order valence-electron chi connectivity index (χ3n) is 3.50. The Balaban J connectivity index is 1.91. The number of halogens is 1. The number of nitrogen functional groups attached to an aromatic ring is 1. The molecule has 22 heavy (non-hydrogen) atoms. The van der Waals surface area contributed by atoms with Gasteiger partial charge in [-0.1, -0.05) is 22.0 Å². The molecule has 1 fully saturated rings. The molecule has 0 atom stereocenters. The van der Waals surface area contributed by atoms with E-state index in [4.69, 9.17) is 10.5 Å². The Hall–Kier alpha value is -1.86. The Morgan fingerprint density at radius 2 is 2.14 bits per heavy atom. The van der Waals surface area contributed by atoms with Crippen LogP contribution in [0.15, 0.2) is 34.0 Å². The number of ether oxygens (including phenoxy) is 1. The minimum absolute atomic E-state index is 0.388. The van der Waals surface area contributed by atoms with Gasteiger partial charge in [0.15, 0.2) is 0 Å². The zero-order valence-corrected chi connectivity index (χ0v) is 14.0. The van der Waals surface area contributed by atoms with E-state index < -0.39 is 0 Å². The second-order valence-corrected chi connectivity index (χ2v) is 6.05. The number of anilines is 2. The van der Waals surface area contributed by atoms with Crippen molar-refractivity contribution in [2.45, 2.75) is 6.92 Å². The topological polar surface area (TPSA) is 68.7 Å². The summed E-state index contributed by atoms with van der Waals surface area (Å²) in [6.07, 6.45) is 3.62. The lowest BCUT2D eigenvalue weighted by molar-refractivity contribution is 0.122. The molecule has 1 aromatic carbocycles. The van der Waals surface area contributed by atoms with Crippen LogP contribution in [0.1, 0.15) is 11.3 Å². The lowest BCUT2D eigenvalue weighted by Crippen LogP contribution is -2.36. The molecule has 1 saturated heterocycles. The average Bonchev–Trinajstić information content (AvgIpc) is 2.84. The molecule has 1 aliphatic heterocycles. The molecule has 2 heterocycles. The van der Waals surface area contributed by atoms with Gasteiger partial charge in [0.1, 0.15) is 0 Å². The normalized spacial score (nSPS) is 15.6. The third-order valence-corrected chi connectivity index (χ3v) is 3.99. The molecular formula is C15H18BrN5O. The van der Waals surface area contributed by atoms with E-state index in [9.17, 15) is 0 Å². The van der Waals surface area contributed by atoms with Gasteiger partial charge in [-0.25, -0.2) is 9.66 Å². The average molecular weight is 364 g/mol. The molecule has 0 bridgehead atoms. The fraction of sp³-hybridized carbons (Fsp3) is 0.333. The number of morpholine rings is 1. The van der Waals surface area contributed by atoms with Crippen molar-refractivity contribution in [1.29, 1.82) is 0 Å². The molecule has 116 valence electrons. The van der Waals surface area contributed by atoms with Gasteiger partial charge in [-0.2, -0.15) is 5.10 Å². The van der Waals surface area contributed by atoms with Crippen molar-refractivity contribution in [3.63, 3.8) is 0 Å². The zero-order valence-electron chi connectivity index (χ0n) is 12.4. The van der Waals surface area contributed by atoms with Crippen molar-refractivity contribution in [3.05, 3.63) is 40.1 Å². The lowest BCUT2D eigenvalue weighted by Gasteiger charge is -2.30. The highest BCUT2D eigenvalue weighted by Gasteiger charge is 2.14. The van der Waals surface area contributed by atoms with Crippen LogP contribution in [0.25, 0.3) is 0 Å². The van der Waals surface area contributed by atoms with Crippen LogP contribution in [0.2, 0.25) is 0 Å². The summed E-state index contributed by atoms with van der Waals surface area (Å²) in [5.74, 6) is 0.388. The second-order valence-electron chi connectivity index (χ2n) is 5.13. The van der Waals surface area contributed by atoms with E-state index in [1.54, 1.807) is 10.9 Å². The van der Waals surface area contributed by atoms with E-state index in [2.05, 4.69) is 37.0 Å². The second kappa shape index (κ2) is 6.50. The molecule has 1 aromatic heterocycles. The standard InChI is InChI=1S/C15H18BrN5O/c1-11-10-21(15(17)19-11)18-9-12-2-3-13(16)8-14(12)20-4-6-22-7-5-20/h2-3,8-10H,4-7H2,1H3,(H2,17,19). The van der Waals surface area contributed by atoms with E-state index in [1.807, 2.05) is 25.3 Å². The summed E-state index contributed by atoms with van der Waals surface area (Å²) in [6, 6.07) is 6.15. The van der Waals surface area contributed by atoms with Gasteiger partial charge >= 0.3 is 0 Å². The van der Waals surface area contributed by atoms with Crippen LogP contribution in [0.4, 0.5) is 11.6 Å². The van der Waals surface area contributed by atoms with E-state index in [0.29, 0.717) is 5.95 Å². The number of benzene rings is 1. The Morgan fingerprint density at radius 1 is 1.36 bits per heavy atom. The molecule has 3 rings (SSSR count). The highest BCUT2D eigenvalue weighted by atomic mass is 79.9. The van der Waals surface area contributed by atoms with E-state index in [1.165, 1.54) is 0 Å². The summed E-state index contributed by atoms with van der Waals surface area (Å²) in [5, 5.41) is 4.41. The first-order valence-corrected chi connectivity index (χ1v) is 7.91. The fourth-order valence-electron chi connectivity index (χ4n) is 2.42. The predicted molar refractivity (Wildman–Crippen MR) is 91.5 cm³/mol. The van der Waals surface area contributed by atoms with Gasteiger partial charge in [-0.3, -0.25) is 0 Å². The maximum Gasteiger partial charge on any atom is 0.221 e. The first-order valence-electron chi connectivity index (χ1n) is 7.11. The summed E-state index contributed by atoms with van der Waals surface area (Å²) in [7, 11) is 0. The molecular weight excluding hydrogens is 346 g/mol. The summed E-state index contributed by atoms with van der Waals surface area (Å²) in [5.41, 5.74) is 8.83. The number of imidazole rings is 1. The SMILES string of the molecule is Cc1cn(N=Cc2ccc(Br)cc2N2CCOCC2)c(N)n1. The summed E-state index contributed by atoms with van der Waals surface area (Å²) >= 11 is 3.54. The van der Waals surface area contributed by atoms with Gasteiger partial charge in [0.25, 0.3) is 0 Å². The van der Waals surface area contributed by atoms with Gasteiger partial charge in [0.05, 0.1) is 31.3 Å². The molecule has 6 nitrogen and oxygen atoms in total. The molecule has 7 heteroatoms. The number of nitrogens with zero attached hydrogens (tertiary/aromatic N) is 4. The number of hydrogen-bond acceptors (Lipinski definition) is 5. The van der Waals surface area contributed by atoms with Crippen LogP contribution in [0.3, 0.4) is 0 Å². The Labute approximate surface area is 137 Å². The van der Waals surface area contributed by atoms with Crippen molar-refractivity contribution in [2.75, 3.05) is 36.9 Å². The number of aromatic nitrogens is 2. The maximum absolute atomic E-state index is 5.81. The Bertz CT molecular complexity index is 691. The van der Waals surface area contributed by atoms with Crippen LogP contribution >= 0.6 is 15.9 Å². The van der Waals surface area contributed by atoms with Crippen LogP contribution in [-0.4, -0.2) is 42.2 Å². The summed E-state index contributed by atoms with van der Waals surface area (Å²) in [4.78, 5) is 6.45. The smallest absolute Gasteiger partial charge is 0.221 e. The molecule has 1 aliphatic rings. The molecule has 0 spiro atoms. The predicted octanol–water partition coefficient (Wildman–Crippen LogP) is 2.26. The fourth-order valence-corrected chi connectivity index (χ4v) is 2.77. The van der Waals surface area contributed by atoms with Gasteiger partial charge in [0, 0.05) is 28.8 Å². The first-order chi connectivity index (χ1) is 10.6. The van der Waals surface area contributed by atoms with E-state index in [-0.39, 0.29) is 0 Å². The Kier molecular flexibility index (Phi) is 4.44.